The summed E-state index contributed by atoms with van der Waals surface area (Å²) in [6, 6.07) is 0. The highest BCUT2D eigenvalue weighted by Gasteiger charge is 2.24. The van der Waals surface area contributed by atoms with E-state index in [1.165, 1.54) is 6.42 Å². The van der Waals surface area contributed by atoms with Gasteiger partial charge in [-0.2, -0.15) is 5.10 Å². The predicted octanol–water partition coefficient (Wildman–Crippen LogP) is 1.67. The van der Waals surface area contributed by atoms with E-state index in [9.17, 15) is 4.79 Å². The summed E-state index contributed by atoms with van der Waals surface area (Å²) in [5.41, 5.74) is 2.89. The molecule has 2 rings (SSSR count). The number of rotatable bonds is 3. The molecule has 1 atom stereocenters. The first-order valence-corrected chi connectivity index (χ1v) is 6.06. The fraction of sp³-hybridized carbons (Fsp3) is 0.667. The number of amides is 1. The SMILES string of the molecule is CCCNC(=O)c1n[nH]c2c1C[C@H](C)CC2. The van der Waals surface area contributed by atoms with Gasteiger partial charge in [-0.1, -0.05) is 13.8 Å². The standard InChI is InChI=1S/C12H19N3O/c1-3-6-13-12(16)11-9-7-8(2)4-5-10(9)14-15-11/h8H,3-7H2,1-2H3,(H,13,16)(H,14,15)/t8-/m1/s1. The molecule has 2 N–H and O–H groups in total. The number of carbonyl (C=O) groups excluding carboxylic acids is 1. The third-order valence-electron chi connectivity index (χ3n) is 3.14. The molecule has 1 aromatic heterocycles. The predicted molar refractivity (Wildman–Crippen MR) is 62.4 cm³/mol. The lowest BCUT2D eigenvalue weighted by Crippen LogP contribution is -2.26. The van der Waals surface area contributed by atoms with Crippen LogP contribution in [-0.2, 0) is 12.8 Å². The van der Waals surface area contributed by atoms with Gasteiger partial charge in [0.15, 0.2) is 5.69 Å². The van der Waals surface area contributed by atoms with E-state index in [0.29, 0.717) is 11.6 Å². The number of aromatic amines is 1. The summed E-state index contributed by atoms with van der Waals surface area (Å²) in [6.45, 7) is 4.99. The molecule has 4 nitrogen and oxygen atoms in total. The van der Waals surface area contributed by atoms with Crippen molar-refractivity contribution < 1.29 is 4.79 Å². The lowest BCUT2D eigenvalue weighted by Gasteiger charge is -2.17. The maximum Gasteiger partial charge on any atom is 0.272 e. The first-order valence-electron chi connectivity index (χ1n) is 6.06. The van der Waals surface area contributed by atoms with Gasteiger partial charge in [-0.3, -0.25) is 9.89 Å². The molecule has 1 amide bonds. The fourth-order valence-electron chi connectivity index (χ4n) is 2.18. The molecule has 0 saturated heterocycles. The Hall–Kier alpha value is -1.32. The van der Waals surface area contributed by atoms with Gasteiger partial charge in [0.1, 0.15) is 0 Å². The van der Waals surface area contributed by atoms with Crippen molar-refractivity contribution in [2.75, 3.05) is 6.54 Å². The molecule has 0 bridgehead atoms. The lowest BCUT2D eigenvalue weighted by molar-refractivity contribution is 0.0947. The molecule has 0 unspecified atom stereocenters. The number of fused-ring (bicyclic) bond motifs is 1. The zero-order valence-corrected chi connectivity index (χ0v) is 9.97. The maximum absolute atomic E-state index is 11.8. The molecule has 1 aliphatic rings. The van der Waals surface area contributed by atoms with E-state index in [-0.39, 0.29) is 5.91 Å². The first kappa shape index (κ1) is 11.2. The van der Waals surface area contributed by atoms with Crippen LogP contribution < -0.4 is 5.32 Å². The second-order valence-electron chi connectivity index (χ2n) is 4.63. The van der Waals surface area contributed by atoms with Gasteiger partial charge in [0.05, 0.1) is 0 Å². The van der Waals surface area contributed by atoms with Gasteiger partial charge in [0.25, 0.3) is 5.91 Å². The Kier molecular flexibility index (Phi) is 3.27. The van der Waals surface area contributed by atoms with Gasteiger partial charge >= 0.3 is 0 Å². The molecule has 0 fully saturated rings. The van der Waals surface area contributed by atoms with Crippen LogP contribution in [0.15, 0.2) is 0 Å². The smallest absolute Gasteiger partial charge is 0.272 e. The third kappa shape index (κ3) is 2.10. The number of nitrogens with one attached hydrogen (secondary N) is 2. The van der Waals surface area contributed by atoms with Gasteiger partial charge < -0.3 is 5.32 Å². The van der Waals surface area contributed by atoms with Crippen molar-refractivity contribution in [3.05, 3.63) is 17.0 Å². The van der Waals surface area contributed by atoms with E-state index < -0.39 is 0 Å². The van der Waals surface area contributed by atoms with Crippen molar-refractivity contribution in [2.45, 2.75) is 39.5 Å². The molecular weight excluding hydrogens is 202 g/mol. The number of H-pyrrole nitrogens is 1. The summed E-state index contributed by atoms with van der Waals surface area (Å²) < 4.78 is 0. The van der Waals surface area contributed by atoms with Gasteiger partial charge in [-0.15, -0.1) is 0 Å². The zero-order chi connectivity index (χ0) is 11.5. The van der Waals surface area contributed by atoms with E-state index >= 15 is 0 Å². The molecule has 0 aromatic carbocycles. The Balaban J connectivity index is 2.16. The van der Waals surface area contributed by atoms with Crippen LogP contribution in [0.1, 0.15) is 48.4 Å². The minimum absolute atomic E-state index is 0.0338. The van der Waals surface area contributed by atoms with Crippen molar-refractivity contribution in [3.8, 4) is 0 Å². The Morgan fingerprint density at radius 1 is 1.62 bits per heavy atom. The summed E-state index contributed by atoms with van der Waals surface area (Å²) in [4.78, 5) is 11.8. The molecule has 0 saturated carbocycles. The molecule has 88 valence electrons. The van der Waals surface area contributed by atoms with E-state index in [2.05, 4.69) is 22.4 Å². The average molecular weight is 221 g/mol. The van der Waals surface area contributed by atoms with Crippen LogP contribution in [0.4, 0.5) is 0 Å². The largest absolute Gasteiger partial charge is 0.351 e. The van der Waals surface area contributed by atoms with Crippen LogP contribution in [0, 0.1) is 5.92 Å². The van der Waals surface area contributed by atoms with E-state index in [4.69, 9.17) is 0 Å². The van der Waals surface area contributed by atoms with E-state index in [1.54, 1.807) is 0 Å². The summed E-state index contributed by atoms with van der Waals surface area (Å²) >= 11 is 0. The quantitative estimate of drug-likeness (QED) is 0.815. The molecule has 4 heteroatoms. The first-order chi connectivity index (χ1) is 7.72. The van der Waals surface area contributed by atoms with Crippen LogP contribution in [0.25, 0.3) is 0 Å². The van der Waals surface area contributed by atoms with Gasteiger partial charge in [0.2, 0.25) is 0 Å². The molecule has 0 radical (unpaired) electrons. The van der Waals surface area contributed by atoms with Crippen LogP contribution in [0.5, 0.6) is 0 Å². The number of aryl methyl sites for hydroxylation is 1. The molecular formula is C12H19N3O. The summed E-state index contributed by atoms with van der Waals surface area (Å²) in [6.07, 6.45) is 4.13. The highest BCUT2D eigenvalue weighted by Crippen LogP contribution is 2.25. The topological polar surface area (TPSA) is 57.8 Å². The van der Waals surface area contributed by atoms with Crippen LogP contribution >= 0.6 is 0 Å². The van der Waals surface area contributed by atoms with E-state index in [0.717, 1.165) is 37.1 Å². The van der Waals surface area contributed by atoms with Crippen molar-refractivity contribution in [1.29, 1.82) is 0 Å². The average Bonchev–Trinajstić information content (AvgIpc) is 2.68. The van der Waals surface area contributed by atoms with Crippen molar-refractivity contribution >= 4 is 5.91 Å². The minimum Gasteiger partial charge on any atom is -0.351 e. The van der Waals surface area contributed by atoms with Gasteiger partial charge in [-0.05, 0) is 31.6 Å². The molecule has 16 heavy (non-hydrogen) atoms. The molecule has 0 aliphatic heterocycles. The third-order valence-corrected chi connectivity index (χ3v) is 3.14. The monoisotopic (exact) mass is 221 g/mol. The van der Waals surface area contributed by atoms with Crippen molar-refractivity contribution in [1.82, 2.24) is 15.5 Å². The van der Waals surface area contributed by atoms with Crippen LogP contribution in [0.2, 0.25) is 0 Å². The summed E-state index contributed by atoms with van der Waals surface area (Å²) in [7, 11) is 0. The summed E-state index contributed by atoms with van der Waals surface area (Å²) in [5.74, 6) is 0.622. The lowest BCUT2D eigenvalue weighted by atomic mass is 9.88. The number of hydrogen-bond acceptors (Lipinski definition) is 2. The maximum atomic E-state index is 11.8. The highest BCUT2D eigenvalue weighted by atomic mass is 16.1. The van der Waals surface area contributed by atoms with Crippen LogP contribution in [0.3, 0.4) is 0 Å². The fourth-order valence-corrected chi connectivity index (χ4v) is 2.18. The van der Waals surface area contributed by atoms with Crippen LogP contribution in [-0.4, -0.2) is 22.6 Å². The van der Waals surface area contributed by atoms with Gasteiger partial charge in [-0.25, -0.2) is 0 Å². The van der Waals surface area contributed by atoms with Gasteiger partial charge in [0, 0.05) is 17.8 Å². The molecule has 1 heterocycles. The minimum atomic E-state index is -0.0338. The number of nitrogens with zero attached hydrogens (tertiary/aromatic N) is 1. The zero-order valence-electron chi connectivity index (χ0n) is 9.97. The number of hydrogen-bond donors (Lipinski definition) is 2. The Labute approximate surface area is 95.8 Å². The Morgan fingerprint density at radius 2 is 2.44 bits per heavy atom. The molecule has 0 spiro atoms. The van der Waals surface area contributed by atoms with E-state index in [1.807, 2.05) is 6.92 Å². The second kappa shape index (κ2) is 4.68. The highest BCUT2D eigenvalue weighted by molar-refractivity contribution is 5.94. The number of aromatic nitrogens is 2. The summed E-state index contributed by atoms with van der Waals surface area (Å²) in [5, 5.41) is 10.0. The van der Waals surface area contributed by atoms with Crippen molar-refractivity contribution in [3.63, 3.8) is 0 Å². The number of carbonyl (C=O) groups is 1. The second-order valence-corrected chi connectivity index (χ2v) is 4.63. The molecule has 1 aromatic rings. The van der Waals surface area contributed by atoms with Crippen molar-refractivity contribution in [2.24, 2.45) is 5.92 Å². The Bertz CT molecular complexity index is 384. The normalized spacial score (nSPS) is 19.2. The molecule has 1 aliphatic carbocycles. The Morgan fingerprint density at radius 3 is 3.19 bits per heavy atom.